The molecule has 3 aromatic heterocycles. The Morgan fingerprint density at radius 1 is 0.871 bits per heavy atom. The van der Waals surface area contributed by atoms with Crippen LogP contribution in [0.15, 0.2) is 9.59 Å². The van der Waals surface area contributed by atoms with Gasteiger partial charge < -0.3 is 9.47 Å². The Labute approximate surface area is 183 Å². The van der Waals surface area contributed by atoms with E-state index >= 15 is 0 Å². The molecule has 0 spiro atoms. The molecule has 0 radical (unpaired) electrons. The lowest BCUT2D eigenvalue weighted by Gasteiger charge is -2.26. The van der Waals surface area contributed by atoms with E-state index in [0.717, 1.165) is 49.8 Å². The predicted molar refractivity (Wildman–Crippen MR) is 124 cm³/mol. The van der Waals surface area contributed by atoms with E-state index in [1.807, 2.05) is 11.3 Å². The summed E-state index contributed by atoms with van der Waals surface area (Å²) in [5.41, 5.74) is 2.64. The molecule has 1 fully saturated rings. The zero-order valence-corrected chi connectivity index (χ0v) is 19.5. The topological polar surface area (TPSA) is 69.5 Å². The molecule has 8 nitrogen and oxygen atoms in total. The van der Waals surface area contributed by atoms with E-state index in [-0.39, 0.29) is 11.2 Å². The molecule has 0 unspecified atom stereocenters. The maximum absolute atomic E-state index is 13.5. The molecular weight excluding hydrogens is 392 g/mol. The van der Waals surface area contributed by atoms with Crippen molar-refractivity contribution in [2.75, 3.05) is 19.6 Å². The summed E-state index contributed by atoms with van der Waals surface area (Å²) < 4.78 is 7.10. The molecule has 0 amide bonds. The molecular formula is C23H36N6O2. The molecule has 31 heavy (non-hydrogen) atoms. The Bertz CT molecular complexity index is 1190. The number of fused-ring (bicyclic) bond motifs is 3. The Kier molecular flexibility index (Phi) is 6.36. The summed E-state index contributed by atoms with van der Waals surface area (Å²) in [4.78, 5) is 33.6. The van der Waals surface area contributed by atoms with Gasteiger partial charge >= 0.3 is 5.69 Å². The van der Waals surface area contributed by atoms with Crippen LogP contribution in [0.25, 0.3) is 16.9 Å². The third-order valence-electron chi connectivity index (χ3n) is 6.95. The van der Waals surface area contributed by atoms with E-state index in [9.17, 15) is 9.59 Å². The van der Waals surface area contributed by atoms with Gasteiger partial charge in [-0.05, 0) is 46.2 Å². The van der Waals surface area contributed by atoms with Gasteiger partial charge in [-0.3, -0.25) is 18.3 Å². The molecule has 3 aromatic rings. The van der Waals surface area contributed by atoms with Gasteiger partial charge in [0.15, 0.2) is 11.2 Å². The van der Waals surface area contributed by atoms with Crippen LogP contribution in [0.2, 0.25) is 0 Å². The van der Waals surface area contributed by atoms with Crippen LogP contribution in [-0.2, 0) is 20.1 Å². The van der Waals surface area contributed by atoms with Crippen molar-refractivity contribution in [1.29, 1.82) is 0 Å². The second kappa shape index (κ2) is 9.02. The summed E-state index contributed by atoms with van der Waals surface area (Å²) in [6, 6.07) is 0. The highest BCUT2D eigenvalue weighted by molar-refractivity contribution is 5.76. The van der Waals surface area contributed by atoms with Crippen LogP contribution >= 0.6 is 0 Å². The van der Waals surface area contributed by atoms with Gasteiger partial charge in [-0.25, -0.2) is 4.79 Å². The van der Waals surface area contributed by atoms with E-state index < -0.39 is 0 Å². The van der Waals surface area contributed by atoms with Gasteiger partial charge in [0.2, 0.25) is 5.78 Å². The standard InChI is InChI=1S/C23H36N6O2/c1-5-6-7-11-14-27-17(2)18(3)29-19-20(24-22(27)29)25(4)23(31)28(21(19)30)16-15-26-12-9-8-10-13-26/h5-16H2,1-4H3. The van der Waals surface area contributed by atoms with Crippen molar-refractivity contribution in [3.8, 4) is 0 Å². The molecule has 0 bridgehead atoms. The highest BCUT2D eigenvalue weighted by Gasteiger charge is 2.22. The molecule has 4 heterocycles. The second-order valence-corrected chi connectivity index (χ2v) is 9.00. The Morgan fingerprint density at radius 2 is 1.61 bits per heavy atom. The minimum Gasteiger partial charge on any atom is -0.314 e. The lowest BCUT2D eigenvalue weighted by molar-refractivity contribution is 0.218. The summed E-state index contributed by atoms with van der Waals surface area (Å²) in [5.74, 6) is 0.766. The molecule has 1 aliphatic heterocycles. The number of aromatic nitrogens is 5. The van der Waals surface area contributed by atoms with Crippen LogP contribution in [0.5, 0.6) is 0 Å². The summed E-state index contributed by atoms with van der Waals surface area (Å²) in [5, 5.41) is 0. The first kappa shape index (κ1) is 21.9. The molecule has 0 N–H and O–H groups in total. The Morgan fingerprint density at radius 3 is 2.32 bits per heavy atom. The number of aryl methyl sites for hydroxylation is 3. The minimum atomic E-state index is -0.279. The monoisotopic (exact) mass is 428 g/mol. The molecule has 1 aliphatic rings. The minimum absolute atomic E-state index is 0.228. The zero-order chi connectivity index (χ0) is 22.1. The summed E-state index contributed by atoms with van der Waals surface area (Å²) >= 11 is 0. The number of rotatable bonds is 8. The second-order valence-electron chi connectivity index (χ2n) is 9.00. The van der Waals surface area contributed by atoms with Crippen molar-refractivity contribution in [2.24, 2.45) is 7.05 Å². The van der Waals surface area contributed by atoms with Gasteiger partial charge in [-0.15, -0.1) is 0 Å². The molecule has 1 saturated heterocycles. The van der Waals surface area contributed by atoms with Gasteiger partial charge in [0, 0.05) is 38.1 Å². The third-order valence-corrected chi connectivity index (χ3v) is 6.95. The fraction of sp³-hybridized carbons (Fsp3) is 0.696. The average molecular weight is 429 g/mol. The van der Waals surface area contributed by atoms with Gasteiger partial charge in [0.05, 0.1) is 0 Å². The quantitative estimate of drug-likeness (QED) is 0.518. The highest BCUT2D eigenvalue weighted by atomic mass is 16.2. The maximum Gasteiger partial charge on any atom is 0.332 e. The van der Waals surface area contributed by atoms with Crippen molar-refractivity contribution >= 4 is 16.9 Å². The lowest BCUT2D eigenvalue weighted by atomic mass is 10.1. The van der Waals surface area contributed by atoms with Crippen molar-refractivity contribution < 1.29 is 0 Å². The molecule has 0 aliphatic carbocycles. The predicted octanol–water partition coefficient (Wildman–Crippen LogP) is 2.83. The van der Waals surface area contributed by atoms with Crippen LogP contribution in [0.3, 0.4) is 0 Å². The fourth-order valence-electron chi connectivity index (χ4n) is 4.90. The first-order valence-corrected chi connectivity index (χ1v) is 11.9. The van der Waals surface area contributed by atoms with Crippen LogP contribution in [-0.4, -0.2) is 47.6 Å². The fourth-order valence-corrected chi connectivity index (χ4v) is 4.90. The van der Waals surface area contributed by atoms with Crippen molar-refractivity contribution in [1.82, 2.24) is 28.0 Å². The van der Waals surface area contributed by atoms with E-state index in [1.54, 1.807) is 7.05 Å². The largest absolute Gasteiger partial charge is 0.332 e. The first-order valence-electron chi connectivity index (χ1n) is 11.9. The van der Waals surface area contributed by atoms with Crippen molar-refractivity contribution in [3.05, 3.63) is 32.2 Å². The number of nitrogens with zero attached hydrogens (tertiary/aromatic N) is 6. The summed E-state index contributed by atoms with van der Waals surface area (Å²) in [6.45, 7) is 10.5. The van der Waals surface area contributed by atoms with Crippen molar-refractivity contribution in [3.63, 3.8) is 0 Å². The van der Waals surface area contributed by atoms with E-state index in [2.05, 4.69) is 23.3 Å². The van der Waals surface area contributed by atoms with Crippen LogP contribution in [0.4, 0.5) is 0 Å². The highest BCUT2D eigenvalue weighted by Crippen LogP contribution is 2.21. The summed E-state index contributed by atoms with van der Waals surface area (Å²) in [7, 11) is 1.72. The molecule has 8 heteroatoms. The number of imidazole rings is 2. The van der Waals surface area contributed by atoms with E-state index in [1.165, 1.54) is 47.7 Å². The van der Waals surface area contributed by atoms with Crippen LogP contribution in [0.1, 0.15) is 63.3 Å². The smallest absolute Gasteiger partial charge is 0.314 e. The van der Waals surface area contributed by atoms with E-state index in [0.29, 0.717) is 17.7 Å². The van der Waals surface area contributed by atoms with Gasteiger partial charge in [-0.2, -0.15) is 4.98 Å². The number of piperidine rings is 1. The zero-order valence-electron chi connectivity index (χ0n) is 19.5. The van der Waals surface area contributed by atoms with Gasteiger partial charge in [-0.1, -0.05) is 32.6 Å². The number of hydrogen-bond acceptors (Lipinski definition) is 4. The molecule has 4 rings (SSSR count). The number of unbranched alkanes of at least 4 members (excludes halogenated alkanes) is 3. The average Bonchev–Trinajstić information content (AvgIpc) is 3.27. The number of hydrogen-bond donors (Lipinski definition) is 0. The van der Waals surface area contributed by atoms with Gasteiger partial charge in [0.1, 0.15) is 0 Å². The SMILES string of the molecule is CCCCCCn1c(C)c(C)n2c3c(=O)n(CCN4CCCCC4)c(=O)n(C)c3nc12. The van der Waals surface area contributed by atoms with Crippen molar-refractivity contribution in [2.45, 2.75) is 78.8 Å². The third kappa shape index (κ3) is 3.86. The maximum atomic E-state index is 13.5. The van der Waals surface area contributed by atoms with Crippen LogP contribution < -0.4 is 11.2 Å². The van der Waals surface area contributed by atoms with E-state index in [4.69, 9.17) is 4.98 Å². The Hall–Kier alpha value is -2.35. The summed E-state index contributed by atoms with van der Waals surface area (Å²) in [6.07, 6.45) is 8.35. The molecule has 0 aromatic carbocycles. The molecule has 0 saturated carbocycles. The lowest BCUT2D eigenvalue weighted by Crippen LogP contribution is -2.43. The molecule has 0 atom stereocenters. The Balaban J connectivity index is 1.77. The van der Waals surface area contributed by atoms with Crippen LogP contribution in [0, 0.1) is 13.8 Å². The van der Waals surface area contributed by atoms with Gasteiger partial charge in [0.25, 0.3) is 5.56 Å². The first-order chi connectivity index (χ1) is 15.0. The molecule has 170 valence electrons. The number of likely N-dealkylation sites (tertiary alicyclic amines) is 1. The normalized spacial score (nSPS) is 15.5.